The van der Waals surface area contributed by atoms with Crippen molar-refractivity contribution in [3.63, 3.8) is 0 Å². The van der Waals surface area contributed by atoms with Crippen LogP contribution in [0, 0.1) is 0 Å². The van der Waals surface area contributed by atoms with Gasteiger partial charge in [0.1, 0.15) is 0 Å². The molecule has 2 aliphatic heterocycles. The van der Waals surface area contributed by atoms with Crippen molar-refractivity contribution in [3.05, 3.63) is 47.5 Å². The fourth-order valence-corrected chi connectivity index (χ4v) is 4.35. The molecule has 0 bridgehead atoms. The third-order valence-corrected chi connectivity index (χ3v) is 5.22. The van der Waals surface area contributed by atoms with Crippen LogP contribution in [-0.4, -0.2) is 6.54 Å². The molecule has 0 amide bonds. The zero-order chi connectivity index (χ0) is 12.8. The summed E-state index contributed by atoms with van der Waals surface area (Å²) in [5.41, 5.74) is 5.82. The van der Waals surface area contributed by atoms with E-state index in [9.17, 15) is 0 Å². The molecule has 0 atom stereocenters. The van der Waals surface area contributed by atoms with Crippen molar-refractivity contribution in [3.8, 4) is 0 Å². The Morgan fingerprint density at radius 3 is 3.00 bits per heavy atom. The van der Waals surface area contributed by atoms with E-state index in [4.69, 9.17) is 0 Å². The molecule has 0 unspecified atom stereocenters. The number of benzene rings is 2. The van der Waals surface area contributed by atoms with Crippen LogP contribution in [0.25, 0.3) is 0 Å². The van der Waals surface area contributed by atoms with Crippen LogP contribution in [0.15, 0.2) is 46.2 Å². The van der Waals surface area contributed by atoms with Gasteiger partial charge < -0.3 is 4.90 Å². The Kier molecular flexibility index (Phi) is 2.59. The number of aryl methyl sites for hydroxylation is 2. The van der Waals surface area contributed by atoms with E-state index < -0.39 is 0 Å². The summed E-state index contributed by atoms with van der Waals surface area (Å²) in [5, 5.41) is 0. The first-order valence-electron chi connectivity index (χ1n) is 7.07. The Morgan fingerprint density at radius 2 is 2.11 bits per heavy atom. The molecule has 0 saturated heterocycles. The first kappa shape index (κ1) is 11.4. The number of rotatable bonds is 1. The standard InChI is InChI=1S/C17H17NS/c1-2-12-8-9-14-16(11-12)19-15-7-3-5-13-6-4-10-18(14)17(13)15/h3,5,7-9,11H,2,4,6,10H2,1H3. The van der Waals surface area contributed by atoms with Crippen LogP contribution in [0.1, 0.15) is 24.5 Å². The quantitative estimate of drug-likeness (QED) is 0.730. The summed E-state index contributed by atoms with van der Waals surface area (Å²) in [6.45, 7) is 3.38. The number of nitrogens with zero attached hydrogens (tertiary/aromatic N) is 1. The van der Waals surface area contributed by atoms with Crippen molar-refractivity contribution in [2.24, 2.45) is 0 Å². The largest absolute Gasteiger partial charge is 0.339 e. The van der Waals surface area contributed by atoms with Gasteiger partial charge in [0.05, 0.1) is 11.4 Å². The van der Waals surface area contributed by atoms with Gasteiger partial charge >= 0.3 is 0 Å². The van der Waals surface area contributed by atoms with Gasteiger partial charge in [0.2, 0.25) is 0 Å². The summed E-state index contributed by atoms with van der Waals surface area (Å²) in [6.07, 6.45) is 3.60. The summed E-state index contributed by atoms with van der Waals surface area (Å²) < 4.78 is 0. The van der Waals surface area contributed by atoms with E-state index in [1.54, 1.807) is 0 Å². The molecule has 0 radical (unpaired) electrons. The molecule has 1 nitrogen and oxygen atoms in total. The van der Waals surface area contributed by atoms with Gasteiger partial charge in [-0.1, -0.05) is 36.9 Å². The average Bonchev–Trinajstić information content (AvgIpc) is 2.47. The molecule has 0 spiro atoms. The van der Waals surface area contributed by atoms with Crippen LogP contribution in [0.4, 0.5) is 11.4 Å². The van der Waals surface area contributed by atoms with E-state index in [1.807, 2.05) is 11.8 Å². The van der Waals surface area contributed by atoms with E-state index in [0.29, 0.717) is 0 Å². The zero-order valence-corrected chi connectivity index (χ0v) is 12.0. The summed E-state index contributed by atoms with van der Waals surface area (Å²) in [7, 11) is 0. The zero-order valence-electron chi connectivity index (χ0n) is 11.1. The first-order valence-corrected chi connectivity index (χ1v) is 7.88. The highest BCUT2D eigenvalue weighted by molar-refractivity contribution is 7.99. The van der Waals surface area contributed by atoms with Gasteiger partial charge in [0.25, 0.3) is 0 Å². The Hall–Kier alpha value is -1.41. The van der Waals surface area contributed by atoms with Crippen LogP contribution in [0.3, 0.4) is 0 Å². The van der Waals surface area contributed by atoms with Crippen LogP contribution in [0.2, 0.25) is 0 Å². The highest BCUT2D eigenvalue weighted by atomic mass is 32.2. The Bertz CT molecular complexity index is 648. The van der Waals surface area contributed by atoms with Crippen molar-refractivity contribution in [1.29, 1.82) is 0 Å². The number of para-hydroxylation sites is 1. The lowest BCUT2D eigenvalue weighted by Gasteiger charge is -2.37. The minimum absolute atomic E-state index is 1.11. The summed E-state index contributed by atoms with van der Waals surface area (Å²) >= 11 is 1.94. The van der Waals surface area contributed by atoms with Gasteiger partial charge in [0, 0.05) is 16.3 Å². The smallest absolute Gasteiger partial charge is 0.0585 e. The molecule has 0 fully saturated rings. The molecule has 4 rings (SSSR count). The second kappa shape index (κ2) is 4.31. The molecule has 2 aromatic rings. The third kappa shape index (κ3) is 1.70. The minimum atomic E-state index is 1.11. The van der Waals surface area contributed by atoms with Gasteiger partial charge in [-0.05, 0) is 48.6 Å². The molecule has 96 valence electrons. The maximum atomic E-state index is 2.53. The highest BCUT2D eigenvalue weighted by Gasteiger charge is 2.27. The van der Waals surface area contributed by atoms with Crippen molar-refractivity contribution >= 4 is 23.1 Å². The molecular weight excluding hydrogens is 250 g/mol. The van der Waals surface area contributed by atoms with Gasteiger partial charge in [-0.15, -0.1) is 0 Å². The normalized spacial score (nSPS) is 15.9. The second-order valence-electron chi connectivity index (χ2n) is 5.28. The SMILES string of the molecule is CCc1ccc2c(c1)Sc1cccc3c1N2CCC3. The summed E-state index contributed by atoms with van der Waals surface area (Å²) in [4.78, 5) is 5.38. The van der Waals surface area contributed by atoms with Crippen molar-refractivity contribution in [1.82, 2.24) is 0 Å². The van der Waals surface area contributed by atoms with Gasteiger partial charge in [-0.3, -0.25) is 0 Å². The predicted molar refractivity (Wildman–Crippen MR) is 81.7 cm³/mol. The maximum Gasteiger partial charge on any atom is 0.0585 e. The van der Waals surface area contributed by atoms with E-state index in [1.165, 1.54) is 45.1 Å². The molecule has 0 N–H and O–H groups in total. The molecular formula is C17H17NS. The highest BCUT2D eigenvalue weighted by Crippen LogP contribution is 2.51. The number of anilines is 2. The Morgan fingerprint density at radius 1 is 1.16 bits per heavy atom. The van der Waals surface area contributed by atoms with Gasteiger partial charge in [-0.25, -0.2) is 0 Å². The van der Waals surface area contributed by atoms with Crippen molar-refractivity contribution in [2.75, 3.05) is 11.4 Å². The number of fused-ring (bicyclic) bond motifs is 2. The summed E-state index contributed by atoms with van der Waals surface area (Å²) in [6, 6.07) is 13.7. The molecule has 2 heteroatoms. The van der Waals surface area contributed by atoms with E-state index in [2.05, 4.69) is 48.2 Å². The molecule has 0 aromatic heterocycles. The molecule has 0 saturated carbocycles. The lowest BCUT2D eigenvalue weighted by atomic mass is 10.0. The average molecular weight is 267 g/mol. The molecule has 2 aromatic carbocycles. The topological polar surface area (TPSA) is 3.24 Å². The molecule has 2 aliphatic rings. The maximum absolute atomic E-state index is 2.53. The van der Waals surface area contributed by atoms with Crippen LogP contribution in [0.5, 0.6) is 0 Å². The van der Waals surface area contributed by atoms with Gasteiger partial charge in [0.15, 0.2) is 0 Å². The Balaban J connectivity index is 1.91. The molecule has 2 heterocycles. The number of hydrogen-bond donors (Lipinski definition) is 0. The van der Waals surface area contributed by atoms with E-state index in [0.717, 1.165) is 13.0 Å². The third-order valence-electron chi connectivity index (χ3n) is 4.12. The van der Waals surface area contributed by atoms with E-state index in [-0.39, 0.29) is 0 Å². The summed E-state index contributed by atoms with van der Waals surface area (Å²) in [5.74, 6) is 0. The van der Waals surface area contributed by atoms with Crippen molar-refractivity contribution < 1.29 is 0 Å². The fraction of sp³-hybridized carbons (Fsp3) is 0.294. The van der Waals surface area contributed by atoms with Crippen LogP contribution in [-0.2, 0) is 12.8 Å². The van der Waals surface area contributed by atoms with Crippen LogP contribution >= 0.6 is 11.8 Å². The first-order chi connectivity index (χ1) is 9.36. The lowest BCUT2D eigenvalue weighted by molar-refractivity contribution is 0.752. The van der Waals surface area contributed by atoms with Crippen LogP contribution < -0.4 is 4.90 Å². The number of hydrogen-bond acceptors (Lipinski definition) is 2. The van der Waals surface area contributed by atoms with E-state index >= 15 is 0 Å². The van der Waals surface area contributed by atoms with Crippen molar-refractivity contribution in [2.45, 2.75) is 36.0 Å². The monoisotopic (exact) mass is 267 g/mol. The molecule has 19 heavy (non-hydrogen) atoms. The fourth-order valence-electron chi connectivity index (χ4n) is 3.14. The minimum Gasteiger partial charge on any atom is -0.339 e. The second-order valence-corrected chi connectivity index (χ2v) is 6.36. The molecule has 0 aliphatic carbocycles. The Labute approximate surface area is 118 Å². The lowest BCUT2D eigenvalue weighted by Crippen LogP contribution is -2.27. The predicted octanol–water partition coefficient (Wildman–Crippen LogP) is 4.80. The van der Waals surface area contributed by atoms with Gasteiger partial charge in [-0.2, -0.15) is 0 Å².